The van der Waals surface area contributed by atoms with Crippen molar-refractivity contribution in [1.82, 2.24) is 0 Å². The molecule has 0 radical (unpaired) electrons. The molecule has 0 bridgehead atoms. The highest BCUT2D eigenvalue weighted by molar-refractivity contribution is 7.24. The van der Waals surface area contributed by atoms with Crippen LogP contribution >= 0.6 is 56.9 Å². The Balaban J connectivity index is 0.000000170. The largest absolute Gasteiger partial charge is 0.573 e. The number of benzene rings is 4. The normalized spacial score (nSPS) is 10.8. The number of Topliss-reactive ketones (excluding diaryl/α,β-unsaturated/α-hetero) is 3. The average molecular weight is 1630 g/mol. The molecular formula is C73H60ClF5N8O20S4. The van der Waals surface area contributed by atoms with Crippen LogP contribution in [0.25, 0.3) is 46.9 Å². The molecule has 111 heavy (non-hydrogen) atoms. The van der Waals surface area contributed by atoms with Crippen molar-refractivity contribution in [2.24, 2.45) is 0 Å². The standard InChI is InChI=1S/C19H17FN2O5S.C18H15ClN2O5S.C18H13F3N2O5S.C18H15FN2O5S/c1-4-26-14-7-11(5-6-13(14)20)21-19(25)22(3)17-9-15-16(28-17)8-12(10(2)23)18(24)27-15;1-9(22)11-7-15-14(26-17(11)23)8-16(27-15)21(2)18(24)20-12-5-4-10(19)6-13(12)25-3;1-9(24)12-7-14-13(27-16(12)25)8-15(29-14)23(2)17(26)22-10-3-5-11(6-4-10)28-18(19,20)21;1-9(22)11-7-15-14(26-17(11)23)8-16(27-15)21(2)18(24)20-10-4-5-12(19)13(6-10)25-3/h5-9H,4H2,1-3H3,(H,21,25);4-8H,1-3H3,(H,20,24);3-8H,1-2H3,(H,22,26);4-8,22H,1H2,2-3H3,(H,20,24). The van der Waals surface area contributed by atoms with Crippen LogP contribution in [0.3, 0.4) is 0 Å². The minimum absolute atomic E-state index is 0.0100. The van der Waals surface area contributed by atoms with Gasteiger partial charge in [-0.3, -0.25) is 34.0 Å². The number of aliphatic hydroxyl groups is 1. The molecule has 0 spiro atoms. The second kappa shape index (κ2) is 35.1. The molecule has 5 N–H and O–H groups in total. The molecule has 578 valence electrons. The Hall–Kier alpha value is -12.7. The zero-order chi connectivity index (χ0) is 81.2. The molecule has 8 heterocycles. The van der Waals surface area contributed by atoms with Gasteiger partial charge in [0.05, 0.1) is 45.3 Å². The van der Waals surface area contributed by atoms with E-state index in [1.807, 2.05) is 0 Å². The highest BCUT2D eigenvalue weighted by atomic mass is 35.5. The summed E-state index contributed by atoms with van der Waals surface area (Å²) in [7, 11) is 8.92. The molecule has 0 unspecified atom stereocenters. The first-order valence-corrected chi connectivity index (χ1v) is 35.4. The van der Waals surface area contributed by atoms with Crippen molar-refractivity contribution in [3.63, 3.8) is 0 Å². The van der Waals surface area contributed by atoms with Crippen LogP contribution in [-0.4, -0.2) is 102 Å². The Kier molecular flexibility index (Phi) is 26.0. The first kappa shape index (κ1) is 82.3. The van der Waals surface area contributed by atoms with E-state index < -0.39 is 87.7 Å². The van der Waals surface area contributed by atoms with Crippen molar-refractivity contribution >= 4 is 188 Å². The molecule has 4 aromatic carbocycles. The first-order valence-electron chi connectivity index (χ1n) is 31.8. The van der Waals surface area contributed by atoms with Gasteiger partial charge in [0.2, 0.25) is 0 Å². The molecule has 28 nitrogen and oxygen atoms in total. The summed E-state index contributed by atoms with van der Waals surface area (Å²) in [6.07, 6.45) is -4.80. The number of hydrogen-bond acceptors (Lipinski definition) is 24. The van der Waals surface area contributed by atoms with Gasteiger partial charge in [0.1, 0.15) is 59.5 Å². The fraction of sp³-hybridized carbons (Fsp3) is 0.164. The first-order chi connectivity index (χ1) is 52.4. The van der Waals surface area contributed by atoms with E-state index in [1.54, 1.807) is 44.3 Å². The molecule has 0 aliphatic rings. The number of thiophene rings is 4. The van der Waals surface area contributed by atoms with E-state index in [0.717, 1.165) is 23.5 Å². The minimum atomic E-state index is -4.80. The third-order valence-electron chi connectivity index (χ3n) is 15.3. The van der Waals surface area contributed by atoms with Crippen LogP contribution in [0, 0.1) is 11.6 Å². The number of methoxy groups -OCH3 is 2. The predicted octanol–water partition coefficient (Wildman–Crippen LogP) is 17.5. The Bertz CT molecular complexity index is 5890. The SMILES string of the molecule is C=C(O)c1cc2sc(N(C)C(=O)Nc3ccc(F)c(OC)c3)cc2oc1=O.CC(=O)c1cc2sc(N(C)C(=O)Nc3ccc(OC(F)(F)F)cc3)cc2oc1=O.CCOc1cc(NC(=O)N(C)c2cc3oc(=O)c(C(C)=O)cc3s2)ccc1F.COc1cc(Cl)ccc1NC(=O)N(C)c1cc2oc(=O)c(C(C)=O)cc2s1. The average Bonchev–Trinajstić information content (AvgIpc) is 1.67. The van der Waals surface area contributed by atoms with Gasteiger partial charge >= 0.3 is 53.0 Å². The number of amides is 8. The number of urea groups is 4. The van der Waals surface area contributed by atoms with E-state index in [1.165, 1.54) is 195 Å². The molecule has 0 saturated carbocycles. The van der Waals surface area contributed by atoms with Crippen LogP contribution in [0.1, 0.15) is 64.3 Å². The van der Waals surface area contributed by atoms with Crippen molar-refractivity contribution in [1.29, 1.82) is 0 Å². The van der Waals surface area contributed by atoms with E-state index in [0.29, 0.717) is 78.8 Å². The second-order valence-electron chi connectivity index (χ2n) is 23.0. The number of aliphatic hydroxyl groups excluding tert-OH is 1. The topological polar surface area (TPSA) is 359 Å². The number of ketones is 3. The molecule has 0 aliphatic carbocycles. The third kappa shape index (κ3) is 20.4. The Morgan fingerprint density at radius 3 is 1.15 bits per heavy atom. The van der Waals surface area contributed by atoms with Gasteiger partial charge < -0.3 is 63.0 Å². The van der Waals surface area contributed by atoms with E-state index in [9.17, 15) is 79.8 Å². The second-order valence-corrected chi connectivity index (χ2v) is 27.6. The number of ether oxygens (including phenoxy) is 4. The number of alkyl halides is 3. The van der Waals surface area contributed by atoms with Gasteiger partial charge in [-0.1, -0.05) is 18.2 Å². The number of rotatable bonds is 17. The summed E-state index contributed by atoms with van der Waals surface area (Å²) in [5, 5.41) is 22.4. The van der Waals surface area contributed by atoms with E-state index in [-0.39, 0.29) is 62.0 Å². The maximum atomic E-state index is 13.7. The summed E-state index contributed by atoms with van der Waals surface area (Å²) in [6.45, 7) is 9.17. The molecule has 0 aliphatic heterocycles. The van der Waals surface area contributed by atoms with Gasteiger partial charge in [-0.2, -0.15) is 0 Å². The molecular weight excluding hydrogens is 1570 g/mol. The minimum Gasteiger partial charge on any atom is -0.508 e. The lowest BCUT2D eigenvalue weighted by atomic mass is 10.2. The quantitative estimate of drug-likeness (QED) is 0.0321. The van der Waals surface area contributed by atoms with Crippen LogP contribution in [0.4, 0.5) is 83.9 Å². The van der Waals surface area contributed by atoms with E-state index in [2.05, 4.69) is 32.6 Å². The highest BCUT2D eigenvalue weighted by Crippen LogP contribution is 2.38. The summed E-state index contributed by atoms with van der Waals surface area (Å²) in [4.78, 5) is 137. The number of hydrogen-bond donors (Lipinski definition) is 5. The van der Waals surface area contributed by atoms with Gasteiger partial charge in [0, 0.05) is 92.7 Å². The number of carbonyl (C=O) groups excluding carboxylic acids is 7. The number of anilines is 8. The summed E-state index contributed by atoms with van der Waals surface area (Å²) >= 11 is 10.7. The third-order valence-corrected chi connectivity index (χ3v) is 20.1. The zero-order valence-corrected chi connectivity index (χ0v) is 63.5. The van der Waals surface area contributed by atoms with Gasteiger partial charge in [-0.15, -0.1) is 58.5 Å². The van der Waals surface area contributed by atoms with Crippen LogP contribution in [0.15, 0.2) is 171 Å². The van der Waals surface area contributed by atoms with Crippen molar-refractivity contribution in [3.8, 4) is 23.0 Å². The van der Waals surface area contributed by atoms with Crippen molar-refractivity contribution < 1.29 is 97.2 Å². The molecule has 0 fully saturated rings. The van der Waals surface area contributed by atoms with Crippen molar-refractivity contribution in [3.05, 3.63) is 215 Å². The summed E-state index contributed by atoms with van der Waals surface area (Å²) in [5.41, 5.74) is -0.517. The number of halogens is 6. The maximum absolute atomic E-state index is 13.7. The molecule has 0 atom stereocenters. The summed E-state index contributed by atoms with van der Waals surface area (Å²) in [6, 6.07) is 27.5. The number of nitrogens with zero attached hydrogens (tertiary/aromatic N) is 4. The molecule has 12 aromatic rings. The molecule has 0 saturated heterocycles. The lowest BCUT2D eigenvalue weighted by Gasteiger charge is -2.17. The summed E-state index contributed by atoms with van der Waals surface area (Å²) < 4.78 is 106. The predicted molar refractivity (Wildman–Crippen MR) is 414 cm³/mol. The lowest BCUT2D eigenvalue weighted by molar-refractivity contribution is -0.274. The number of carbonyl (C=O) groups is 7. The molecule has 8 amide bonds. The number of fused-ring (bicyclic) bond motifs is 4. The van der Waals surface area contributed by atoms with Crippen LogP contribution < -0.4 is 82.3 Å². The van der Waals surface area contributed by atoms with Gasteiger partial charge in [0.15, 0.2) is 62.8 Å². The molecule has 8 aromatic heterocycles. The Morgan fingerprint density at radius 1 is 0.468 bits per heavy atom. The van der Waals surface area contributed by atoms with Crippen LogP contribution in [0.2, 0.25) is 5.02 Å². The van der Waals surface area contributed by atoms with Gasteiger partial charge in [-0.05, 0) is 113 Å². The summed E-state index contributed by atoms with van der Waals surface area (Å²) in [5.74, 6) is -2.57. The molecule has 12 rings (SSSR count). The van der Waals surface area contributed by atoms with Gasteiger partial charge in [-0.25, -0.2) is 47.1 Å². The lowest BCUT2D eigenvalue weighted by Crippen LogP contribution is -2.30. The zero-order valence-electron chi connectivity index (χ0n) is 59.4. The van der Waals surface area contributed by atoms with Crippen LogP contribution in [-0.2, 0) is 0 Å². The van der Waals surface area contributed by atoms with Crippen molar-refractivity contribution in [2.45, 2.75) is 34.1 Å². The molecule has 38 heteroatoms. The van der Waals surface area contributed by atoms with Crippen molar-refractivity contribution in [2.75, 3.05) is 89.9 Å². The van der Waals surface area contributed by atoms with Crippen LogP contribution in [0.5, 0.6) is 23.0 Å². The van der Waals surface area contributed by atoms with E-state index >= 15 is 0 Å². The monoisotopic (exact) mass is 1630 g/mol. The fourth-order valence-electron chi connectivity index (χ4n) is 9.52. The smallest absolute Gasteiger partial charge is 0.508 e. The fourth-order valence-corrected chi connectivity index (χ4v) is 13.6. The number of nitrogens with one attached hydrogen (secondary N) is 4. The Morgan fingerprint density at radius 2 is 0.802 bits per heavy atom. The highest BCUT2D eigenvalue weighted by Gasteiger charge is 2.31. The Labute approximate surface area is 643 Å². The maximum Gasteiger partial charge on any atom is 0.573 e. The van der Waals surface area contributed by atoms with E-state index in [4.69, 9.17) is 43.5 Å². The van der Waals surface area contributed by atoms with Gasteiger partial charge in [0.25, 0.3) is 0 Å².